The van der Waals surface area contributed by atoms with Crippen molar-refractivity contribution in [2.24, 2.45) is 11.8 Å². The number of aryl methyl sites for hydroxylation is 1. The molecule has 1 aliphatic carbocycles. The Bertz CT molecular complexity index is 1340. The number of hydrogen-bond donors (Lipinski definition) is 3. The SMILES string of the molecule is CNc1cc(F)cc2c1[nH]c1nc(Oc3cnc(C)nc3)nc(N3CC4CC(O)C4C3)c12. The molecule has 1 aliphatic heterocycles. The summed E-state index contributed by atoms with van der Waals surface area (Å²) in [6.07, 6.45) is 3.66. The number of anilines is 2. The molecule has 32 heavy (non-hydrogen) atoms. The molecule has 0 spiro atoms. The number of halogens is 1. The standard InChI is InChI=1S/C22H22FN7O2/c1-10-25-6-13(7-26-10)32-22-28-20-18(14-4-12(23)5-16(24-2)19(14)27-20)21(29-22)30-8-11-3-17(31)15(11)9-30/h4-7,11,15,17,24,31H,3,8-9H2,1-2H3,(H,27,28,29). The Balaban J connectivity index is 1.53. The molecule has 3 atom stereocenters. The molecule has 10 heteroatoms. The lowest BCUT2D eigenvalue weighted by Crippen LogP contribution is -2.39. The second-order valence-electron chi connectivity index (χ2n) is 8.50. The number of ether oxygens (including phenoxy) is 1. The molecule has 6 rings (SSSR count). The molecule has 164 valence electrons. The van der Waals surface area contributed by atoms with Crippen molar-refractivity contribution in [1.29, 1.82) is 0 Å². The van der Waals surface area contributed by atoms with E-state index in [1.165, 1.54) is 12.1 Å². The zero-order chi connectivity index (χ0) is 22.0. The van der Waals surface area contributed by atoms with Gasteiger partial charge in [-0.05, 0) is 31.4 Å². The minimum atomic E-state index is -0.345. The number of aliphatic hydroxyl groups is 1. The third-order valence-electron chi connectivity index (χ3n) is 6.55. The van der Waals surface area contributed by atoms with Crippen LogP contribution in [-0.4, -0.2) is 56.3 Å². The molecule has 1 aromatic carbocycles. The minimum Gasteiger partial charge on any atom is -0.421 e. The maximum absolute atomic E-state index is 14.4. The Morgan fingerprint density at radius 3 is 2.75 bits per heavy atom. The van der Waals surface area contributed by atoms with Crippen LogP contribution < -0.4 is 15.0 Å². The summed E-state index contributed by atoms with van der Waals surface area (Å²) in [6.45, 7) is 3.26. The number of H-pyrrole nitrogens is 1. The van der Waals surface area contributed by atoms with E-state index in [1.807, 2.05) is 0 Å². The summed E-state index contributed by atoms with van der Waals surface area (Å²) in [6, 6.07) is 3.09. The van der Waals surface area contributed by atoms with Gasteiger partial charge in [-0.15, -0.1) is 0 Å². The second-order valence-corrected chi connectivity index (χ2v) is 8.50. The summed E-state index contributed by atoms with van der Waals surface area (Å²) in [4.78, 5) is 23.0. The van der Waals surface area contributed by atoms with Gasteiger partial charge in [0.1, 0.15) is 23.1 Å². The number of benzene rings is 1. The van der Waals surface area contributed by atoms with Crippen LogP contribution in [0.2, 0.25) is 0 Å². The van der Waals surface area contributed by atoms with Gasteiger partial charge in [0.25, 0.3) is 0 Å². The van der Waals surface area contributed by atoms with Crippen LogP contribution in [0.5, 0.6) is 11.8 Å². The van der Waals surface area contributed by atoms with Crippen LogP contribution >= 0.6 is 0 Å². The lowest BCUT2D eigenvalue weighted by atomic mass is 9.74. The molecule has 0 bridgehead atoms. The highest BCUT2D eigenvalue weighted by Gasteiger charge is 2.47. The molecule has 2 aliphatic rings. The lowest BCUT2D eigenvalue weighted by Gasteiger charge is -2.34. The summed E-state index contributed by atoms with van der Waals surface area (Å²) in [5.41, 5.74) is 1.93. The number of aliphatic hydroxyl groups excluding tert-OH is 1. The van der Waals surface area contributed by atoms with Crippen LogP contribution in [0.25, 0.3) is 21.9 Å². The smallest absolute Gasteiger partial charge is 0.326 e. The Morgan fingerprint density at radius 1 is 1.22 bits per heavy atom. The van der Waals surface area contributed by atoms with E-state index in [1.54, 1.807) is 26.4 Å². The Hall–Kier alpha value is -3.53. The predicted molar refractivity (Wildman–Crippen MR) is 118 cm³/mol. The number of rotatable bonds is 4. The van der Waals surface area contributed by atoms with Gasteiger partial charge in [-0.3, -0.25) is 0 Å². The summed E-state index contributed by atoms with van der Waals surface area (Å²) in [5.74, 6) is 2.04. The molecule has 4 heterocycles. The van der Waals surface area contributed by atoms with Gasteiger partial charge in [-0.25, -0.2) is 14.4 Å². The van der Waals surface area contributed by atoms with Gasteiger partial charge in [-0.2, -0.15) is 9.97 Å². The summed E-state index contributed by atoms with van der Waals surface area (Å²) < 4.78 is 20.3. The fourth-order valence-electron chi connectivity index (χ4n) is 4.88. The van der Waals surface area contributed by atoms with Crippen LogP contribution in [0.15, 0.2) is 24.5 Å². The van der Waals surface area contributed by atoms with Crippen molar-refractivity contribution in [2.75, 3.05) is 30.4 Å². The number of fused-ring (bicyclic) bond motifs is 4. The van der Waals surface area contributed by atoms with Gasteiger partial charge in [0.15, 0.2) is 5.75 Å². The Morgan fingerprint density at radius 2 is 2.03 bits per heavy atom. The number of nitrogens with zero attached hydrogens (tertiary/aromatic N) is 5. The Kier molecular flexibility index (Phi) is 4.19. The first-order valence-electron chi connectivity index (χ1n) is 10.6. The summed E-state index contributed by atoms with van der Waals surface area (Å²) in [5, 5.41) is 14.6. The van der Waals surface area contributed by atoms with E-state index in [-0.39, 0.29) is 23.8 Å². The second kappa shape index (κ2) is 6.99. The van der Waals surface area contributed by atoms with Gasteiger partial charge in [0.2, 0.25) is 0 Å². The Labute approximate surface area is 182 Å². The van der Waals surface area contributed by atoms with Crippen LogP contribution in [0.1, 0.15) is 12.2 Å². The molecule has 3 unspecified atom stereocenters. The fraction of sp³-hybridized carbons (Fsp3) is 0.364. The molecule has 1 saturated carbocycles. The topological polar surface area (TPSA) is 112 Å². The van der Waals surface area contributed by atoms with Crippen molar-refractivity contribution in [3.63, 3.8) is 0 Å². The maximum atomic E-state index is 14.4. The third-order valence-corrected chi connectivity index (χ3v) is 6.55. The fourth-order valence-corrected chi connectivity index (χ4v) is 4.88. The highest BCUT2D eigenvalue weighted by Crippen LogP contribution is 2.45. The average Bonchev–Trinajstić information content (AvgIpc) is 3.31. The molecule has 0 radical (unpaired) electrons. The molecule has 4 aromatic rings. The number of nitrogens with one attached hydrogen (secondary N) is 2. The average molecular weight is 435 g/mol. The number of hydrogen-bond acceptors (Lipinski definition) is 8. The first-order chi connectivity index (χ1) is 15.5. The molecular weight excluding hydrogens is 413 g/mol. The van der Waals surface area contributed by atoms with Crippen LogP contribution in [-0.2, 0) is 0 Å². The summed E-state index contributed by atoms with van der Waals surface area (Å²) >= 11 is 0. The predicted octanol–water partition coefficient (Wildman–Crippen LogP) is 3.00. The van der Waals surface area contributed by atoms with Crippen LogP contribution in [0, 0.1) is 24.6 Å². The van der Waals surface area contributed by atoms with Gasteiger partial charge >= 0.3 is 6.01 Å². The molecular formula is C22H22FN7O2. The van der Waals surface area contributed by atoms with Gasteiger partial charge in [-0.1, -0.05) is 0 Å². The van der Waals surface area contributed by atoms with E-state index in [2.05, 4.69) is 30.2 Å². The summed E-state index contributed by atoms with van der Waals surface area (Å²) in [7, 11) is 1.75. The minimum absolute atomic E-state index is 0.151. The maximum Gasteiger partial charge on any atom is 0.326 e. The molecule has 9 nitrogen and oxygen atoms in total. The zero-order valence-corrected chi connectivity index (χ0v) is 17.6. The first-order valence-corrected chi connectivity index (χ1v) is 10.6. The van der Waals surface area contributed by atoms with Gasteiger partial charge in [0, 0.05) is 31.4 Å². The van der Waals surface area contributed by atoms with Crippen molar-refractivity contribution in [3.8, 4) is 11.8 Å². The van der Waals surface area contributed by atoms with Gasteiger partial charge in [0.05, 0.1) is 35.1 Å². The highest BCUT2D eigenvalue weighted by atomic mass is 19.1. The quantitative estimate of drug-likeness (QED) is 0.449. The molecule has 3 N–H and O–H groups in total. The largest absolute Gasteiger partial charge is 0.421 e. The van der Waals surface area contributed by atoms with Crippen molar-refractivity contribution in [3.05, 3.63) is 36.2 Å². The third kappa shape index (κ3) is 2.94. The number of aromatic amines is 1. The normalized spacial score (nSPS) is 22.2. The lowest BCUT2D eigenvalue weighted by molar-refractivity contribution is -0.00398. The van der Waals surface area contributed by atoms with E-state index in [0.717, 1.165) is 23.9 Å². The number of aromatic nitrogens is 5. The molecule has 0 amide bonds. The van der Waals surface area contributed by atoms with Crippen LogP contribution in [0.3, 0.4) is 0 Å². The van der Waals surface area contributed by atoms with Crippen molar-refractivity contribution in [2.45, 2.75) is 19.4 Å². The van der Waals surface area contributed by atoms with Crippen LogP contribution in [0.4, 0.5) is 15.9 Å². The molecule has 1 saturated heterocycles. The van der Waals surface area contributed by atoms with E-state index in [0.29, 0.717) is 46.6 Å². The zero-order valence-electron chi connectivity index (χ0n) is 17.6. The van der Waals surface area contributed by atoms with E-state index in [9.17, 15) is 9.50 Å². The van der Waals surface area contributed by atoms with Crippen molar-refractivity contribution >= 4 is 33.4 Å². The molecule has 3 aromatic heterocycles. The highest BCUT2D eigenvalue weighted by molar-refractivity contribution is 6.14. The van der Waals surface area contributed by atoms with Gasteiger partial charge < -0.3 is 25.0 Å². The van der Waals surface area contributed by atoms with E-state index < -0.39 is 0 Å². The van der Waals surface area contributed by atoms with Crippen molar-refractivity contribution in [1.82, 2.24) is 24.9 Å². The van der Waals surface area contributed by atoms with E-state index in [4.69, 9.17) is 9.72 Å². The first kappa shape index (κ1) is 19.2. The monoisotopic (exact) mass is 435 g/mol. The van der Waals surface area contributed by atoms with Crippen molar-refractivity contribution < 1.29 is 14.2 Å². The van der Waals surface area contributed by atoms with E-state index >= 15 is 0 Å². The molecule has 2 fully saturated rings.